The first kappa shape index (κ1) is 16.3. The van der Waals surface area contributed by atoms with E-state index in [4.69, 9.17) is 12.2 Å². The fourth-order valence-electron chi connectivity index (χ4n) is 2.37. The summed E-state index contributed by atoms with van der Waals surface area (Å²) in [5, 5.41) is 11.6. The van der Waals surface area contributed by atoms with Crippen LogP contribution in [0.3, 0.4) is 0 Å². The lowest BCUT2D eigenvalue weighted by Crippen LogP contribution is -2.10. The monoisotopic (exact) mass is 336 g/mol. The van der Waals surface area contributed by atoms with Gasteiger partial charge in [-0.1, -0.05) is 75.4 Å². The Bertz CT molecular complexity index is 897. The highest BCUT2D eigenvalue weighted by Gasteiger charge is 2.14. The van der Waals surface area contributed by atoms with Gasteiger partial charge in [-0.3, -0.25) is 0 Å². The molecular weight excluding hydrogens is 316 g/mol. The smallest absolute Gasteiger partial charge is 0.216 e. The minimum absolute atomic E-state index is 0.120. The average molecular weight is 336 g/mol. The van der Waals surface area contributed by atoms with E-state index in [1.807, 2.05) is 30.3 Å². The summed E-state index contributed by atoms with van der Waals surface area (Å²) in [5.74, 6) is 0.702. The van der Waals surface area contributed by atoms with Crippen molar-refractivity contribution in [3.63, 3.8) is 0 Å². The van der Waals surface area contributed by atoms with Gasteiger partial charge in [0.1, 0.15) is 0 Å². The minimum Gasteiger partial charge on any atom is -0.250 e. The van der Waals surface area contributed by atoms with Crippen LogP contribution in [0, 0.1) is 4.77 Å². The Balaban J connectivity index is 1.96. The molecule has 0 atom stereocenters. The van der Waals surface area contributed by atoms with Gasteiger partial charge >= 0.3 is 0 Å². The number of aromatic nitrogens is 3. The van der Waals surface area contributed by atoms with Crippen LogP contribution < -0.4 is 0 Å². The predicted octanol–water partition coefficient (Wildman–Crippen LogP) is 4.79. The van der Waals surface area contributed by atoms with Gasteiger partial charge < -0.3 is 0 Å². The molecule has 5 heteroatoms. The summed E-state index contributed by atoms with van der Waals surface area (Å²) in [6.45, 7) is 6.59. The number of rotatable bonds is 3. The van der Waals surface area contributed by atoms with Crippen LogP contribution in [0.1, 0.15) is 31.9 Å². The highest BCUT2D eigenvalue weighted by Crippen LogP contribution is 2.25. The second-order valence-corrected chi connectivity index (χ2v) is 7.03. The molecule has 122 valence electrons. The molecule has 1 heterocycles. The van der Waals surface area contributed by atoms with E-state index in [2.05, 4.69) is 60.3 Å². The Kier molecular flexibility index (Phi) is 4.44. The van der Waals surface area contributed by atoms with E-state index in [1.54, 1.807) is 10.9 Å². The molecule has 1 N–H and O–H groups in total. The zero-order valence-corrected chi connectivity index (χ0v) is 14.8. The van der Waals surface area contributed by atoms with E-state index in [9.17, 15) is 0 Å². The molecule has 0 aliphatic heterocycles. The Hall–Kier alpha value is -2.53. The molecule has 0 spiro atoms. The summed E-state index contributed by atoms with van der Waals surface area (Å²) in [4.78, 5) is 0. The fourth-order valence-corrected chi connectivity index (χ4v) is 2.55. The summed E-state index contributed by atoms with van der Waals surface area (Å²) < 4.78 is 2.12. The van der Waals surface area contributed by atoms with E-state index in [0.29, 0.717) is 10.6 Å². The van der Waals surface area contributed by atoms with Crippen LogP contribution in [0.25, 0.3) is 11.4 Å². The second kappa shape index (κ2) is 6.53. The molecule has 0 bridgehead atoms. The number of hydrogen-bond donors (Lipinski definition) is 1. The van der Waals surface area contributed by atoms with Crippen molar-refractivity contribution in [1.82, 2.24) is 14.9 Å². The molecule has 3 aromatic rings. The Labute approximate surface area is 146 Å². The molecule has 0 fully saturated rings. The number of nitrogens with zero attached hydrogens (tertiary/aromatic N) is 3. The van der Waals surface area contributed by atoms with Crippen molar-refractivity contribution in [2.75, 3.05) is 0 Å². The van der Waals surface area contributed by atoms with Crippen molar-refractivity contribution in [2.45, 2.75) is 26.2 Å². The van der Waals surface area contributed by atoms with Crippen molar-refractivity contribution >= 4 is 18.4 Å². The first-order valence-corrected chi connectivity index (χ1v) is 8.24. The molecule has 0 amide bonds. The van der Waals surface area contributed by atoms with Crippen molar-refractivity contribution in [3.05, 3.63) is 70.5 Å². The van der Waals surface area contributed by atoms with Crippen LogP contribution in [0.4, 0.5) is 0 Å². The zero-order chi connectivity index (χ0) is 17.2. The fraction of sp³-hybridized carbons (Fsp3) is 0.211. The Morgan fingerprint density at radius 3 is 2.33 bits per heavy atom. The second-order valence-electron chi connectivity index (χ2n) is 6.65. The molecule has 0 saturated carbocycles. The average Bonchev–Trinajstić information content (AvgIpc) is 2.94. The van der Waals surface area contributed by atoms with Crippen molar-refractivity contribution in [1.29, 1.82) is 0 Å². The quantitative estimate of drug-likeness (QED) is 0.552. The van der Waals surface area contributed by atoms with Crippen LogP contribution in [-0.4, -0.2) is 21.1 Å². The number of hydrogen-bond acceptors (Lipinski definition) is 3. The maximum Gasteiger partial charge on any atom is 0.216 e. The normalized spacial score (nSPS) is 12.0. The maximum absolute atomic E-state index is 5.30. The molecule has 0 aliphatic carbocycles. The van der Waals surface area contributed by atoms with Crippen LogP contribution in [0.2, 0.25) is 0 Å². The number of H-pyrrole nitrogens is 1. The first-order chi connectivity index (χ1) is 11.4. The maximum atomic E-state index is 5.30. The van der Waals surface area contributed by atoms with Gasteiger partial charge in [0.2, 0.25) is 4.77 Å². The topological polar surface area (TPSA) is 46.0 Å². The molecule has 0 aliphatic rings. The highest BCUT2D eigenvalue weighted by atomic mass is 32.1. The third-order valence-corrected chi connectivity index (χ3v) is 4.05. The molecule has 3 rings (SSSR count). The summed E-state index contributed by atoms with van der Waals surface area (Å²) in [7, 11) is 0. The molecule has 24 heavy (non-hydrogen) atoms. The van der Waals surface area contributed by atoms with Gasteiger partial charge in [0.15, 0.2) is 5.82 Å². The van der Waals surface area contributed by atoms with Crippen molar-refractivity contribution < 1.29 is 0 Å². The molecule has 0 unspecified atom stereocenters. The van der Waals surface area contributed by atoms with Crippen molar-refractivity contribution in [2.24, 2.45) is 5.10 Å². The van der Waals surface area contributed by atoms with E-state index >= 15 is 0 Å². The van der Waals surface area contributed by atoms with Crippen LogP contribution in [0.15, 0.2) is 59.7 Å². The predicted molar refractivity (Wildman–Crippen MR) is 101 cm³/mol. The van der Waals surface area contributed by atoms with E-state index < -0.39 is 0 Å². The van der Waals surface area contributed by atoms with Gasteiger partial charge in [-0.05, 0) is 28.8 Å². The van der Waals surface area contributed by atoms with Gasteiger partial charge in [0.25, 0.3) is 0 Å². The number of benzene rings is 2. The van der Waals surface area contributed by atoms with E-state index in [1.165, 1.54) is 5.56 Å². The highest BCUT2D eigenvalue weighted by molar-refractivity contribution is 7.71. The largest absolute Gasteiger partial charge is 0.250 e. The Morgan fingerprint density at radius 2 is 1.71 bits per heavy atom. The standard InChI is InChI=1S/C19H20N4S/c1-19(2,3)16-11-9-15(10-12-16)17-21-22-18(24)23(17)20-13-14-7-5-4-6-8-14/h4-13H,1-3H3,(H,22,24)/b20-13+. The minimum atomic E-state index is 0.120. The summed E-state index contributed by atoms with van der Waals surface area (Å²) >= 11 is 5.30. The van der Waals surface area contributed by atoms with Gasteiger partial charge in [-0.15, -0.1) is 0 Å². The molecule has 0 saturated heterocycles. The lowest BCUT2D eigenvalue weighted by molar-refractivity contribution is 0.590. The molecule has 0 radical (unpaired) electrons. The third kappa shape index (κ3) is 3.51. The van der Waals surface area contributed by atoms with Crippen LogP contribution >= 0.6 is 12.2 Å². The third-order valence-electron chi connectivity index (χ3n) is 3.78. The van der Waals surface area contributed by atoms with Crippen LogP contribution in [-0.2, 0) is 5.41 Å². The van der Waals surface area contributed by atoms with E-state index in [0.717, 1.165) is 11.1 Å². The molecule has 2 aromatic carbocycles. The van der Waals surface area contributed by atoms with Crippen LogP contribution in [0.5, 0.6) is 0 Å². The van der Waals surface area contributed by atoms with Gasteiger partial charge in [-0.2, -0.15) is 14.9 Å². The van der Waals surface area contributed by atoms with Crippen molar-refractivity contribution in [3.8, 4) is 11.4 Å². The lowest BCUT2D eigenvalue weighted by atomic mass is 9.87. The SMILES string of the molecule is CC(C)(C)c1ccc(-c2n[nH]c(=S)n2/N=C/c2ccccc2)cc1. The number of aromatic amines is 1. The lowest BCUT2D eigenvalue weighted by Gasteiger charge is -2.18. The summed E-state index contributed by atoms with van der Waals surface area (Å²) in [6, 6.07) is 18.3. The molecular formula is C19H20N4S. The summed E-state index contributed by atoms with van der Waals surface area (Å²) in [6.07, 6.45) is 1.78. The summed E-state index contributed by atoms with van der Waals surface area (Å²) in [5.41, 5.74) is 3.38. The Morgan fingerprint density at radius 1 is 1.04 bits per heavy atom. The van der Waals surface area contributed by atoms with Gasteiger partial charge in [0.05, 0.1) is 6.21 Å². The molecule has 1 aromatic heterocycles. The molecule has 4 nitrogen and oxygen atoms in total. The first-order valence-electron chi connectivity index (χ1n) is 7.83. The van der Waals surface area contributed by atoms with Gasteiger partial charge in [0, 0.05) is 5.56 Å². The van der Waals surface area contributed by atoms with Gasteiger partial charge in [-0.25, -0.2) is 5.10 Å². The number of nitrogens with one attached hydrogen (secondary N) is 1. The van der Waals surface area contributed by atoms with E-state index in [-0.39, 0.29) is 5.41 Å². The zero-order valence-electron chi connectivity index (χ0n) is 14.0.